The van der Waals surface area contributed by atoms with Crippen molar-refractivity contribution in [1.82, 2.24) is 4.90 Å². The van der Waals surface area contributed by atoms with Crippen molar-refractivity contribution in [2.24, 2.45) is 28.9 Å². The number of rotatable bonds is 5. The van der Waals surface area contributed by atoms with Crippen LogP contribution in [0.4, 0.5) is 0 Å². The van der Waals surface area contributed by atoms with Gasteiger partial charge in [-0.25, -0.2) is 0 Å². The summed E-state index contributed by atoms with van der Waals surface area (Å²) in [7, 11) is 0. The Kier molecular flexibility index (Phi) is 5.67. The van der Waals surface area contributed by atoms with E-state index in [1.54, 1.807) is 0 Å². The Labute approximate surface area is 114 Å². The lowest BCUT2D eigenvalue weighted by molar-refractivity contribution is 0.0274. The first-order chi connectivity index (χ1) is 8.28. The molecule has 0 heterocycles. The number of hydrogen-bond donors (Lipinski definition) is 1. The monoisotopic (exact) mass is 254 g/mol. The van der Waals surface area contributed by atoms with E-state index in [4.69, 9.17) is 5.73 Å². The van der Waals surface area contributed by atoms with E-state index < -0.39 is 0 Å². The van der Waals surface area contributed by atoms with Crippen LogP contribution in [-0.4, -0.2) is 30.6 Å². The molecule has 0 aromatic carbocycles. The molecule has 0 saturated heterocycles. The van der Waals surface area contributed by atoms with Crippen molar-refractivity contribution in [2.75, 3.05) is 19.6 Å². The molecule has 2 heteroatoms. The van der Waals surface area contributed by atoms with Crippen LogP contribution >= 0.6 is 0 Å². The molecule has 0 spiro atoms. The molecule has 0 bridgehead atoms. The maximum absolute atomic E-state index is 6.25. The quantitative estimate of drug-likeness (QED) is 0.815. The Morgan fingerprint density at radius 1 is 1.28 bits per heavy atom. The first-order valence-electron chi connectivity index (χ1n) is 7.76. The van der Waals surface area contributed by atoms with Crippen molar-refractivity contribution in [3.05, 3.63) is 0 Å². The van der Waals surface area contributed by atoms with Crippen LogP contribution in [0.2, 0.25) is 0 Å². The summed E-state index contributed by atoms with van der Waals surface area (Å²) in [4.78, 5) is 2.63. The first-order valence-corrected chi connectivity index (χ1v) is 7.76. The van der Waals surface area contributed by atoms with Gasteiger partial charge in [-0.3, -0.25) is 0 Å². The lowest BCUT2D eigenvalue weighted by Crippen LogP contribution is -2.50. The molecule has 2 N–H and O–H groups in total. The van der Waals surface area contributed by atoms with Crippen LogP contribution in [-0.2, 0) is 0 Å². The fraction of sp³-hybridized carbons (Fsp3) is 1.00. The molecule has 1 saturated carbocycles. The molecule has 1 rings (SSSR count). The van der Waals surface area contributed by atoms with Crippen LogP contribution in [0, 0.1) is 23.2 Å². The molecule has 0 radical (unpaired) electrons. The summed E-state index contributed by atoms with van der Waals surface area (Å²) in [6, 6.07) is 0.399. The van der Waals surface area contributed by atoms with Crippen LogP contribution in [0.5, 0.6) is 0 Å². The molecule has 0 amide bonds. The zero-order valence-corrected chi connectivity index (χ0v) is 13.4. The summed E-state index contributed by atoms with van der Waals surface area (Å²) in [5.74, 6) is 2.19. The van der Waals surface area contributed by atoms with Gasteiger partial charge in [-0.15, -0.1) is 0 Å². The third kappa shape index (κ3) is 3.71. The fourth-order valence-electron chi connectivity index (χ4n) is 3.43. The van der Waals surface area contributed by atoms with E-state index in [2.05, 4.69) is 46.4 Å². The largest absolute Gasteiger partial charge is 0.327 e. The van der Waals surface area contributed by atoms with Gasteiger partial charge in [-0.1, -0.05) is 41.5 Å². The van der Waals surface area contributed by atoms with Gasteiger partial charge in [0.2, 0.25) is 0 Å². The third-order valence-electron chi connectivity index (χ3n) is 5.27. The molecule has 1 aliphatic rings. The SMILES string of the molecule is CCN(CC(C)C)CC1CCC(N)C(C)C1(C)C. The van der Waals surface area contributed by atoms with Gasteiger partial charge in [0.05, 0.1) is 0 Å². The van der Waals surface area contributed by atoms with E-state index >= 15 is 0 Å². The molecule has 1 fully saturated rings. The summed E-state index contributed by atoms with van der Waals surface area (Å²) >= 11 is 0. The number of nitrogens with zero attached hydrogens (tertiary/aromatic N) is 1. The Bertz CT molecular complexity index is 247. The van der Waals surface area contributed by atoms with E-state index in [9.17, 15) is 0 Å². The number of hydrogen-bond acceptors (Lipinski definition) is 2. The normalized spacial score (nSPS) is 32.2. The Balaban J connectivity index is 2.65. The summed E-state index contributed by atoms with van der Waals surface area (Å²) < 4.78 is 0. The predicted molar refractivity (Wildman–Crippen MR) is 80.6 cm³/mol. The molecule has 1 aliphatic carbocycles. The maximum atomic E-state index is 6.25. The molecular formula is C16H34N2. The zero-order valence-electron chi connectivity index (χ0n) is 13.4. The summed E-state index contributed by atoms with van der Waals surface area (Å²) in [6.07, 6.45) is 2.50. The van der Waals surface area contributed by atoms with Crippen molar-refractivity contribution in [2.45, 2.75) is 60.4 Å². The molecule has 0 aliphatic heterocycles. The Morgan fingerprint density at radius 2 is 1.89 bits per heavy atom. The molecule has 0 aromatic rings. The lowest BCUT2D eigenvalue weighted by atomic mass is 9.61. The maximum Gasteiger partial charge on any atom is 0.00698 e. The minimum absolute atomic E-state index is 0.377. The van der Waals surface area contributed by atoms with Gasteiger partial charge >= 0.3 is 0 Å². The van der Waals surface area contributed by atoms with Crippen molar-refractivity contribution < 1.29 is 0 Å². The van der Waals surface area contributed by atoms with E-state index in [-0.39, 0.29) is 0 Å². The zero-order chi connectivity index (χ0) is 13.9. The van der Waals surface area contributed by atoms with Crippen molar-refractivity contribution in [3.8, 4) is 0 Å². The second-order valence-electron chi connectivity index (χ2n) is 7.29. The highest BCUT2D eigenvalue weighted by Crippen LogP contribution is 2.44. The summed E-state index contributed by atoms with van der Waals surface area (Å²) in [5, 5.41) is 0. The standard InChI is InChI=1S/C16H34N2/c1-7-18(10-12(2)3)11-14-8-9-15(17)13(4)16(14,5)6/h12-15H,7-11,17H2,1-6H3. The third-order valence-corrected chi connectivity index (χ3v) is 5.27. The number of nitrogens with two attached hydrogens (primary N) is 1. The second-order valence-corrected chi connectivity index (χ2v) is 7.29. The van der Waals surface area contributed by atoms with Crippen molar-refractivity contribution >= 4 is 0 Å². The molecule has 3 unspecified atom stereocenters. The Morgan fingerprint density at radius 3 is 2.39 bits per heavy atom. The topological polar surface area (TPSA) is 29.3 Å². The highest BCUT2D eigenvalue weighted by atomic mass is 15.1. The van der Waals surface area contributed by atoms with Gasteiger partial charge in [-0.2, -0.15) is 0 Å². The van der Waals surface area contributed by atoms with Crippen LogP contribution < -0.4 is 5.73 Å². The highest BCUT2D eigenvalue weighted by Gasteiger charge is 2.41. The van der Waals surface area contributed by atoms with E-state index in [1.807, 2.05) is 0 Å². The van der Waals surface area contributed by atoms with Gasteiger partial charge in [0, 0.05) is 19.1 Å². The molecule has 108 valence electrons. The summed E-state index contributed by atoms with van der Waals surface area (Å²) in [5.41, 5.74) is 6.62. The van der Waals surface area contributed by atoms with Gasteiger partial charge in [-0.05, 0) is 42.6 Å². The average Bonchev–Trinajstić information content (AvgIpc) is 2.28. The molecular weight excluding hydrogens is 220 g/mol. The van der Waals surface area contributed by atoms with Gasteiger partial charge in [0.1, 0.15) is 0 Å². The smallest absolute Gasteiger partial charge is 0.00698 e. The fourth-order valence-corrected chi connectivity index (χ4v) is 3.43. The van der Waals surface area contributed by atoms with E-state index in [1.165, 1.54) is 32.5 Å². The van der Waals surface area contributed by atoms with Crippen molar-refractivity contribution in [3.63, 3.8) is 0 Å². The summed E-state index contributed by atoms with van der Waals surface area (Å²) in [6.45, 7) is 17.7. The molecule has 0 aromatic heterocycles. The Hall–Kier alpha value is -0.0800. The van der Waals surface area contributed by atoms with Gasteiger partial charge < -0.3 is 10.6 Å². The van der Waals surface area contributed by atoms with E-state index in [0.29, 0.717) is 17.4 Å². The first kappa shape index (κ1) is 16.0. The van der Waals surface area contributed by atoms with Crippen LogP contribution in [0.15, 0.2) is 0 Å². The van der Waals surface area contributed by atoms with Gasteiger partial charge in [0.15, 0.2) is 0 Å². The van der Waals surface area contributed by atoms with Crippen LogP contribution in [0.1, 0.15) is 54.4 Å². The second kappa shape index (κ2) is 6.38. The van der Waals surface area contributed by atoms with Crippen LogP contribution in [0.25, 0.3) is 0 Å². The highest BCUT2D eigenvalue weighted by molar-refractivity contribution is 4.94. The molecule has 3 atom stereocenters. The minimum atomic E-state index is 0.377. The van der Waals surface area contributed by atoms with E-state index in [0.717, 1.165) is 11.8 Å². The molecule has 18 heavy (non-hydrogen) atoms. The molecule has 2 nitrogen and oxygen atoms in total. The van der Waals surface area contributed by atoms with Gasteiger partial charge in [0.25, 0.3) is 0 Å². The minimum Gasteiger partial charge on any atom is -0.327 e. The average molecular weight is 254 g/mol. The van der Waals surface area contributed by atoms with Crippen LogP contribution in [0.3, 0.4) is 0 Å². The lowest BCUT2D eigenvalue weighted by Gasteiger charge is -2.48. The van der Waals surface area contributed by atoms with Crippen molar-refractivity contribution in [1.29, 1.82) is 0 Å². The predicted octanol–water partition coefficient (Wildman–Crippen LogP) is 3.36.